The van der Waals surface area contributed by atoms with Gasteiger partial charge in [-0.15, -0.1) is 0 Å². The van der Waals surface area contributed by atoms with Gasteiger partial charge in [-0.25, -0.2) is 4.98 Å². The highest BCUT2D eigenvalue weighted by molar-refractivity contribution is 5.93. The molecule has 9 heteroatoms. The fourth-order valence-electron chi connectivity index (χ4n) is 3.66. The van der Waals surface area contributed by atoms with E-state index in [2.05, 4.69) is 36.6 Å². The highest BCUT2D eigenvalue weighted by Crippen LogP contribution is 2.31. The molecule has 3 heterocycles. The molecule has 156 valence electrons. The van der Waals surface area contributed by atoms with E-state index in [4.69, 9.17) is 9.72 Å². The Morgan fingerprint density at radius 2 is 2.10 bits per heavy atom. The number of hydrogen-bond acceptors (Lipinski definition) is 7. The van der Waals surface area contributed by atoms with Gasteiger partial charge < -0.3 is 15.0 Å². The van der Waals surface area contributed by atoms with Gasteiger partial charge in [0, 0.05) is 43.4 Å². The maximum atomic E-state index is 5.35. The van der Waals surface area contributed by atoms with Crippen molar-refractivity contribution in [2.24, 2.45) is 7.05 Å². The third kappa shape index (κ3) is 3.66. The van der Waals surface area contributed by atoms with E-state index < -0.39 is 0 Å². The van der Waals surface area contributed by atoms with Crippen LogP contribution < -0.4 is 10.2 Å². The van der Waals surface area contributed by atoms with Crippen LogP contribution in [0.25, 0.3) is 21.8 Å². The van der Waals surface area contributed by atoms with Gasteiger partial charge >= 0.3 is 0 Å². The predicted molar refractivity (Wildman–Crippen MR) is 121 cm³/mol. The van der Waals surface area contributed by atoms with Crippen LogP contribution in [0, 0.1) is 0 Å². The first-order chi connectivity index (χ1) is 15.2. The smallest absolute Gasteiger partial charge is 0.229 e. The number of benzene rings is 2. The van der Waals surface area contributed by atoms with Gasteiger partial charge in [-0.3, -0.25) is 9.78 Å². The SMILES string of the molecule is COCCN(c1ccnc(Nc2ccc3c(cnn3C)c2)n1)c1cccc2[nH]ncc12. The average molecular weight is 414 g/mol. The Labute approximate surface area is 178 Å². The number of aryl methyl sites for hydroxylation is 1. The predicted octanol–water partition coefficient (Wildman–Crippen LogP) is 3.77. The topological polar surface area (TPSA) is 96.8 Å². The van der Waals surface area contributed by atoms with E-state index in [1.165, 1.54) is 0 Å². The zero-order valence-electron chi connectivity index (χ0n) is 17.3. The van der Waals surface area contributed by atoms with Crippen LogP contribution in [0.2, 0.25) is 0 Å². The molecule has 0 saturated carbocycles. The van der Waals surface area contributed by atoms with Gasteiger partial charge in [-0.05, 0) is 36.4 Å². The van der Waals surface area contributed by atoms with E-state index in [1.54, 1.807) is 13.3 Å². The molecule has 0 fully saturated rings. The van der Waals surface area contributed by atoms with Gasteiger partial charge in [0.05, 0.1) is 35.7 Å². The molecule has 0 bridgehead atoms. The molecule has 0 radical (unpaired) electrons. The summed E-state index contributed by atoms with van der Waals surface area (Å²) >= 11 is 0. The molecule has 0 amide bonds. The Hall–Kier alpha value is -3.98. The van der Waals surface area contributed by atoms with Crippen LogP contribution in [-0.4, -0.2) is 50.2 Å². The number of H-pyrrole nitrogens is 1. The summed E-state index contributed by atoms with van der Waals surface area (Å²) in [5, 5.41) is 16.9. The third-order valence-electron chi connectivity index (χ3n) is 5.19. The zero-order valence-corrected chi connectivity index (χ0v) is 17.3. The lowest BCUT2D eigenvalue weighted by atomic mass is 10.2. The van der Waals surface area contributed by atoms with Crippen molar-refractivity contribution in [1.29, 1.82) is 0 Å². The van der Waals surface area contributed by atoms with Crippen molar-refractivity contribution in [3.05, 3.63) is 61.1 Å². The molecule has 0 spiro atoms. The molecular weight excluding hydrogens is 392 g/mol. The average Bonchev–Trinajstić information content (AvgIpc) is 3.41. The van der Waals surface area contributed by atoms with E-state index >= 15 is 0 Å². The number of aromatic amines is 1. The van der Waals surface area contributed by atoms with Crippen molar-refractivity contribution in [2.75, 3.05) is 30.5 Å². The van der Waals surface area contributed by atoms with Crippen LogP contribution in [0.5, 0.6) is 0 Å². The molecule has 31 heavy (non-hydrogen) atoms. The van der Waals surface area contributed by atoms with Crippen LogP contribution in [0.4, 0.5) is 23.1 Å². The number of methoxy groups -OCH3 is 1. The third-order valence-corrected chi connectivity index (χ3v) is 5.19. The molecule has 2 aromatic carbocycles. The largest absolute Gasteiger partial charge is 0.383 e. The summed E-state index contributed by atoms with van der Waals surface area (Å²) in [4.78, 5) is 11.3. The van der Waals surface area contributed by atoms with E-state index in [9.17, 15) is 0 Å². The number of nitrogens with zero attached hydrogens (tertiary/aromatic N) is 6. The summed E-state index contributed by atoms with van der Waals surface area (Å²) in [5.41, 5.74) is 3.94. The van der Waals surface area contributed by atoms with Crippen LogP contribution in [0.1, 0.15) is 0 Å². The Morgan fingerprint density at radius 3 is 3.00 bits per heavy atom. The molecule has 3 aromatic heterocycles. The summed E-state index contributed by atoms with van der Waals surface area (Å²) in [6, 6.07) is 14.0. The van der Waals surface area contributed by atoms with Crippen molar-refractivity contribution in [3.63, 3.8) is 0 Å². The fraction of sp³-hybridized carbons (Fsp3) is 0.182. The summed E-state index contributed by atoms with van der Waals surface area (Å²) in [6.45, 7) is 1.19. The highest BCUT2D eigenvalue weighted by Gasteiger charge is 2.15. The molecular formula is C22H22N8O. The highest BCUT2D eigenvalue weighted by atomic mass is 16.5. The Bertz CT molecular complexity index is 1340. The second-order valence-corrected chi connectivity index (χ2v) is 7.16. The monoisotopic (exact) mass is 414 g/mol. The van der Waals surface area contributed by atoms with Gasteiger partial charge in [0.2, 0.25) is 5.95 Å². The first-order valence-electron chi connectivity index (χ1n) is 9.93. The summed E-state index contributed by atoms with van der Waals surface area (Å²) in [5.74, 6) is 1.29. The van der Waals surface area contributed by atoms with Crippen molar-refractivity contribution >= 4 is 44.9 Å². The minimum absolute atomic E-state index is 0.516. The maximum Gasteiger partial charge on any atom is 0.229 e. The van der Waals surface area contributed by atoms with Crippen LogP contribution in [0.15, 0.2) is 61.1 Å². The normalized spacial score (nSPS) is 11.3. The van der Waals surface area contributed by atoms with Crippen molar-refractivity contribution in [2.45, 2.75) is 0 Å². The van der Waals surface area contributed by atoms with Crippen LogP contribution >= 0.6 is 0 Å². The molecule has 5 rings (SSSR count). The number of rotatable bonds is 7. The van der Waals surface area contributed by atoms with Gasteiger partial charge in [0.15, 0.2) is 0 Å². The number of nitrogens with one attached hydrogen (secondary N) is 2. The number of aromatic nitrogens is 6. The standard InChI is InChI=1S/C22H22N8O/c1-29-19-7-6-16(12-15(19)13-25-29)26-22-23-9-8-21(27-22)30(10-11-31-2)20-5-3-4-18-17(20)14-24-28-18/h3-9,12-14H,10-11H2,1-2H3,(H,24,28)(H,23,26,27). The summed E-state index contributed by atoms with van der Waals surface area (Å²) in [6.07, 6.45) is 5.42. The van der Waals surface area contributed by atoms with E-state index in [0.29, 0.717) is 19.1 Å². The molecule has 0 atom stereocenters. The maximum absolute atomic E-state index is 5.35. The van der Waals surface area contributed by atoms with Crippen molar-refractivity contribution in [3.8, 4) is 0 Å². The first kappa shape index (κ1) is 19.0. The van der Waals surface area contributed by atoms with Gasteiger partial charge in [-0.1, -0.05) is 6.07 Å². The summed E-state index contributed by atoms with van der Waals surface area (Å²) in [7, 11) is 3.62. The van der Waals surface area contributed by atoms with E-state index in [1.807, 2.05) is 60.5 Å². The van der Waals surface area contributed by atoms with Gasteiger partial charge in [-0.2, -0.15) is 15.2 Å². The molecule has 0 aliphatic heterocycles. The van der Waals surface area contributed by atoms with E-state index in [-0.39, 0.29) is 0 Å². The lowest BCUT2D eigenvalue weighted by molar-refractivity contribution is 0.207. The number of fused-ring (bicyclic) bond motifs is 2. The fourth-order valence-corrected chi connectivity index (χ4v) is 3.66. The molecule has 0 aliphatic carbocycles. The lowest BCUT2D eigenvalue weighted by Gasteiger charge is -2.24. The van der Waals surface area contributed by atoms with Crippen molar-refractivity contribution < 1.29 is 4.74 Å². The van der Waals surface area contributed by atoms with E-state index in [0.717, 1.165) is 39.0 Å². The van der Waals surface area contributed by atoms with Crippen molar-refractivity contribution in [1.82, 2.24) is 29.9 Å². The van der Waals surface area contributed by atoms with Gasteiger partial charge in [0.25, 0.3) is 0 Å². The first-order valence-corrected chi connectivity index (χ1v) is 9.93. The van der Waals surface area contributed by atoms with Crippen LogP contribution in [-0.2, 0) is 11.8 Å². The second kappa shape index (κ2) is 8.04. The Morgan fingerprint density at radius 1 is 1.16 bits per heavy atom. The molecule has 0 saturated heterocycles. The molecule has 0 unspecified atom stereocenters. The lowest BCUT2D eigenvalue weighted by Crippen LogP contribution is -2.23. The zero-order chi connectivity index (χ0) is 21.2. The van der Waals surface area contributed by atoms with Gasteiger partial charge in [0.1, 0.15) is 5.82 Å². The van der Waals surface area contributed by atoms with Crippen LogP contribution in [0.3, 0.4) is 0 Å². The number of anilines is 4. The minimum Gasteiger partial charge on any atom is -0.383 e. The second-order valence-electron chi connectivity index (χ2n) is 7.16. The molecule has 0 aliphatic rings. The number of ether oxygens (including phenoxy) is 1. The summed E-state index contributed by atoms with van der Waals surface area (Å²) < 4.78 is 7.19. The molecule has 9 nitrogen and oxygen atoms in total. The molecule has 5 aromatic rings. The minimum atomic E-state index is 0.516. The Balaban J connectivity index is 1.49. The molecule has 2 N–H and O–H groups in total. The Kier molecular flexibility index (Phi) is 4.93. The number of hydrogen-bond donors (Lipinski definition) is 2. The quantitative estimate of drug-likeness (QED) is 0.418.